The molecule has 12 heavy (non-hydrogen) atoms. The van der Waals surface area contributed by atoms with Crippen LogP contribution in [0.25, 0.3) is 0 Å². The number of carboxylic acid groups (broad SMARTS) is 1. The van der Waals surface area contributed by atoms with Crippen molar-refractivity contribution < 1.29 is 14.7 Å². The lowest BCUT2D eigenvalue weighted by Crippen LogP contribution is -2.53. The number of hydrogen-bond acceptors (Lipinski definition) is 3. The second kappa shape index (κ2) is 3.53. The summed E-state index contributed by atoms with van der Waals surface area (Å²) in [7, 11) is 0. The van der Waals surface area contributed by atoms with E-state index < -0.39 is 12.0 Å². The van der Waals surface area contributed by atoms with Gasteiger partial charge in [0.25, 0.3) is 0 Å². The summed E-state index contributed by atoms with van der Waals surface area (Å²) in [6.45, 7) is 2.75. The molecule has 1 saturated heterocycles. The van der Waals surface area contributed by atoms with Crippen molar-refractivity contribution >= 4 is 11.9 Å². The minimum Gasteiger partial charge on any atom is -0.480 e. The van der Waals surface area contributed by atoms with E-state index in [9.17, 15) is 9.59 Å². The molecule has 5 heteroatoms. The molecule has 1 fully saturated rings. The highest BCUT2D eigenvalue weighted by atomic mass is 16.4. The summed E-state index contributed by atoms with van der Waals surface area (Å²) in [6, 6.07) is -0.793. The predicted molar refractivity (Wildman–Crippen MR) is 41.6 cm³/mol. The van der Waals surface area contributed by atoms with Gasteiger partial charge in [-0.25, -0.2) is 0 Å². The Morgan fingerprint density at radius 1 is 1.58 bits per heavy atom. The number of carbonyl (C=O) groups excluding carboxylic acids is 1. The molecular weight excluding hydrogens is 160 g/mol. The van der Waals surface area contributed by atoms with Crippen LogP contribution in [0.4, 0.5) is 0 Å². The standard InChI is InChI=1S/C7H12N2O3/c1-4(7(11)12)9-6(10)5-2-8-3-5/h4-5,8H,2-3H2,1H3,(H,9,10)(H,11,12)/t4-/m0/s1. The highest BCUT2D eigenvalue weighted by Crippen LogP contribution is 2.02. The van der Waals surface area contributed by atoms with Crippen LogP contribution < -0.4 is 10.6 Å². The van der Waals surface area contributed by atoms with Crippen LogP contribution in [-0.2, 0) is 9.59 Å². The summed E-state index contributed by atoms with van der Waals surface area (Å²) >= 11 is 0. The van der Waals surface area contributed by atoms with Crippen molar-refractivity contribution in [3.8, 4) is 0 Å². The van der Waals surface area contributed by atoms with Crippen molar-refractivity contribution in [3.05, 3.63) is 0 Å². The third kappa shape index (κ3) is 1.94. The average molecular weight is 172 g/mol. The Labute approximate surface area is 70.1 Å². The van der Waals surface area contributed by atoms with E-state index in [2.05, 4.69) is 10.6 Å². The van der Waals surface area contributed by atoms with Crippen LogP contribution >= 0.6 is 0 Å². The first kappa shape index (κ1) is 8.99. The van der Waals surface area contributed by atoms with Crippen LogP contribution in [0.2, 0.25) is 0 Å². The number of rotatable bonds is 3. The van der Waals surface area contributed by atoms with Crippen LogP contribution in [-0.4, -0.2) is 36.1 Å². The Morgan fingerprint density at radius 3 is 2.50 bits per heavy atom. The first-order valence-corrected chi connectivity index (χ1v) is 3.85. The van der Waals surface area contributed by atoms with Gasteiger partial charge >= 0.3 is 5.97 Å². The van der Waals surface area contributed by atoms with Gasteiger partial charge in [-0.3, -0.25) is 9.59 Å². The molecule has 0 spiro atoms. The van der Waals surface area contributed by atoms with E-state index in [0.29, 0.717) is 13.1 Å². The van der Waals surface area contributed by atoms with E-state index in [-0.39, 0.29) is 11.8 Å². The average Bonchev–Trinajstić information content (AvgIpc) is 1.82. The van der Waals surface area contributed by atoms with Gasteiger partial charge in [0.15, 0.2) is 0 Å². The zero-order valence-corrected chi connectivity index (χ0v) is 6.83. The molecule has 3 N–H and O–H groups in total. The highest BCUT2D eigenvalue weighted by Gasteiger charge is 2.26. The summed E-state index contributed by atoms with van der Waals surface area (Å²) in [5.74, 6) is -1.23. The molecule has 5 nitrogen and oxygen atoms in total. The Hall–Kier alpha value is -1.10. The van der Waals surface area contributed by atoms with Crippen molar-refractivity contribution in [2.75, 3.05) is 13.1 Å². The maximum absolute atomic E-state index is 11.1. The van der Waals surface area contributed by atoms with Crippen molar-refractivity contribution in [2.24, 2.45) is 5.92 Å². The third-order valence-corrected chi connectivity index (χ3v) is 1.88. The lowest BCUT2D eigenvalue weighted by Gasteiger charge is -2.26. The maximum atomic E-state index is 11.1. The molecule has 0 aromatic rings. The van der Waals surface area contributed by atoms with Crippen molar-refractivity contribution in [2.45, 2.75) is 13.0 Å². The van der Waals surface area contributed by atoms with E-state index in [1.807, 2.05) is 0 Å². The Kier molecular flexibility index (Phi) is 2.65. The second-order valence-electron chi connectivity index (χ2n) is 2.92. The number of carbonyl (C=O) groups is 2. The van der Waals surface area contributed by atoms with Gasteiger partial charge in [0.05, 0.1) is 5.92 Å². The smallest absolute Gasteiger partial charge is 0.325 e. The lowest BCUT2D eigenvalue weighted by molar-refractivity contribution is -0.142. The van der Waals surface area contributed by atoms with E-state index in [0.717, 1.165) is 0 Å². The second-order valence-corrected chi connectivity index (χ2v) is 2.92. The van der Waals surface area contributed by atoms with Gasteiger partial charge in [-0.15, -0.1) is 0 Å². The Morgan fingerprint density at radius 2 is 2.17 bits per heavy atom. The monoisotopic (exact) mass is 172 g/mol. The number of aliphatic carboxylic acids is 1. The third-order valence-electron chi connectivity index (χ3n) is 1.88. The lowest BCUT2D eigenvalue weighted by atomic mass is 10.0. The van der Waals surface area contributed by atoms with Gasteiger partial charge in [0.1, 0.15) is 6.04 Å². The first-order valence-electron chi connectivity index (χ1n) is 3.85. The summed E-state index contributed by atoms with van der Waals surface area (Å²) < 4.78 is 0. The van der Waals surface area contributed by atoms with Crippen LogP contribution in [0.5, 0.6) is 0 Å². The van der Waals surface area contributed by atoms with Gasteiger partial charge in [0.2, 0.25) is 5.91 Å². The van der Waals surface area contributed by atoms with Gasteiger partial charge in [0, 0.05) is 13.1 Å². The highest BCUT2D eigenvalue weighted by molar-refractivity contribution is 5.85. The van der Waals surface area contributed by atoms with E-state index in [1.54, 1.807) is 0 Å². The van der Waals surface area contributed by atoms with E-state index in [1.165, 1.54) is 6.92 Å². The number of nitrogens with one attached hydrogen (secondary N) is 2. The fraction of sp³-hybridized carbons (Fsp3) is 0.714. The number of hydrogen-bond donors (Lipinski definition) is 3. The number of amides is 1. The van der Waals surface area contributed by atoms with Gasteiger partial charge in [-0.1, -0.05) is 0 Å². The van der Waals surface area contributed by atoms with Gasteiger partial charge in [-0.05, 0) is 6.92 Å². The molecule has 0 saturated carbocycles. The molecule has 1 atom stereocenters. The fourth-order valence-electron chi connectivity index (χ4n) is 0.867. The molecule has 0 bridgehead atoms. The van der Waals surface area contributed by atoms with Gasteiger partial charge < -0.3 is 15.7 Å². The summed E-state index contributed by atoms with van der Waals surface area (Å²) in [5, 5.41) is 13.8. The molecule has 0 aromatic heterocycles. The Balaban J connectivity index is 2.29. The normalized spacial score (nSPS) is 19.4. The number of carboxylic acids is 1. The molecule has 0 unspecified atom stereocenters. The summed E-state index contributed by atoms with van der Waals surface area (Å²) in [5.41, 5.74) is 0. The van der Waals surface area contributed by atoms with Crippen molar-refractivity contribution in [1.82, 2.24) is 10.6 Å². The van der Waals surface area contributed by atoms with Crippen LogP contribution in [0.3, 0.4) is 0 Å². The van der Waals surface area contributed by atoms with Crippen LogP contribution in [0.1, 0.15) is 6.92 Å². The summed E-state index contributed by atoms with van der Waals surface area (Å²) in [6.07, 6.45) is 0. The summed E-state index contributed by atoms with van der Waals surface area (Å²) in [4.78, 5) is 21.5. The molecule has 1 heterocycles. The quantitative estimate of drug-likeness (QED) is 0.499. The molecule has 68 valence electrons. The van der Waals surface area contributed by atoms with Crippen LogP contribution in [0, 0.1) is 5.92 Å². The zero-order valence-electron chi connectivity index (χ0n) is 6.83. The molecular formula is C7H12N2O3. The maximum Gasteiger partial charge on any atom is 0.325 e. The fourth-order valence-corrected chi connectivity index (χ4v) is 0.867. The molecule has 0 aromatic carbocycles. The molecule has 1 aliphatic rings. The van der Waals surface area contributed by atoms with E-state index >= 15 is 0 Å². The molecule has 0 radical (unpaired) electrons. The van der Waals surface area contributed by atoms with E-state index in [4.69, 9.17) is 5.11 Å². The zero-order chi connectivity index (χ0) is 9.14. The largest absolute Gasteiger partial charge is 0.480 e. The minimum atomic E-state index is -1.00. The van der Waals surface area contributed by atoms with Crippen LogP contribution in [0.15, 0.2) is 0 Å². The SMILES string of the molecule is C[C@H](NC(=O)C1CNC1)C(=O)O. The van der Waals surface area contributed by atoms with Crippen molar-refractivity contribution in [3.63, 3.8) is 0 Å². The van der Waals surface area contributed by atoms with Gasteiger partial charge in [-0.2, -0.15) is 0 Å². The molecule has 1 rings (SSSR count). The molecule has 0 aliphatic carbocycles. The predicted octanol–water partition coefficient (Wildman–Crippen LogP) is -1.20. The Bertz CT molecular complexity index is 201. The topological polar surface area (TPSA) is 78.4 Å². The van der Waals surface area contributed by atoms with Crippen molar-refractivity contribution in [1.29, 1.82) is 0 Å². The first-order chi connectivity index (χ1) is 5.61. The molecule has 1 aliphatic heterocycles. The molecule has 1 amide bonds. The minimum absolute atomic E-state index is 0.0493.